The van der Waals surface area contributed by atoms with Crippen molar-refractivity contribution in [2.24, 2.45) is 10.8 Å². The van der Waals surface area contributed by atoms with Gasteiger partial charge in [-0.15, -0.1) is 0 Å². The maximum atomic E-state index is 13.5. The van der Waals surface area contributed by atoms with Gasteiger partial charge in [0.25, 0.3) is 0 Å². The topological polar surface area (TPSA) is 58.4 Å². The second-order valence-corrected chi connectivity index (χ2v) is 10.8. The van der Waals surface area contributed by atoms with Crippen LogP contribution in [0.2, 0.25) is 0 Å². The average molecular weight is 456 g/mol. The lowest BCUT2D eigenvalue weighted by atomic mass is 9.51. The average Bonchev–Trinajstić information content (AvgIpc) is 3.48. The van der Waals surface area contributed by atoms with Crippen molar-refractivity contribution in [1.82, 2.24) is 14.5 Å². The van der Waals surface area contributed by atoms with Gasteiger partial charge in [-0.25, -0.2) is 4.98 Å². The van der Waals surface area contributed by atoms with Crippen molar-refractivity contribution in [3.63, 3.8) is 0 Å². The lowest BCUT2D eigenvalue weighted by Gasteiger charge is -2.55. The summed E-state index contributed by atoms with van der Waals surface area (Å²) in [5.74, 6) is 0.284. The molecular formula is C29H33N3O2. The summed E-state index contributed by atoms with van der Waals surface area (Å²) in [7, 11) is 1.94. The Labute approximate surface area is 201 Å². The number of imidazole rings is 1. The standard InChI is InChI=1S/C29H33N3O2/c1-31(19-21-7-3-2-4-8-21)27(34)29-14-11-28(12-15-29,13-16-29)26(33)17-24-22-9-5-6-10-23(22)25-18-30-20-32(24)25/h2-10,18,20,24,26,33H,11-17,19H2,1H3. The third kappa shape index (κ3) is 3.32. The summed E-state index contributed by atoms with van der Waals surface area (Å²) in [5.41, 5.74) is 4.51. The van der Waals surface area contributed by atoms with E-state index in [9.17, 15) is 9.90 Å². The molecule has 176 valence electrons. The molecule has 3 fully saturated rings. The van der Waals surface area contributed by atoms with Crippen molar-refractivity contribution >= 4 is 5.91 Å². The summed E-state index contributed by atoms with van der Waals surface area (Å²) in [5, 5.41) is 11.6. The quantitative estimate of drug-likeness (QED) is 0.556. The fraction of sp³-hybridized carbons (Fsp3) is 0.448. The normalized spacial score (nSPS) is 27.8. The van der Waals surface area contributed by atoms with Crippen molar-refractivity contribution in [3.05, 3.63) is 78.2 Å². The number of aliphatic hydroxyl groups excluding tert-OH is 1. The van der Waals surface area contributed by atoms with Gasteiger partial charge in [0.05, 0.1) is 30.4 Å². The zero-order chi connectivity index (χ0) is 23.3. The Balaban J connectivity index is 1.15. The summed E-state index contributed by atoms with van der Waals surface area (Å²) in [6.45, 7) is 0.656. The molecule has 2 unspecified atom stereocenters. The van der Waals surface area contributed by atoms with Crippen LogP contribution in [0.1, 0.15) is 62.1 Å². The summed E-state index contributed by atoms with van der Waals surface area (Å²) >= 11 is 0. The maximum Gasteiger partial charge on any atom is 0.228 e. The van der Waals surface area contributed by atoms with Crippen LogP contribution in [0.25, 0.3) is 11.3 Å². The highest BCUT2D eigenvalue weighted by atomic mass is 16.3. The van der Waals surface area contributed by atoms with Crippen molar-refractivity contribution < 1.29 is 9.90 Å². The highest BCUT2D eigenvalue weighted by Gasteiger charge is 2.55. The first-order valence-corrected chi connectivity index (χ1v) is 12.6. The second-order valence-electron chi connectivity index (χ2n) is 10.8. The number of aliphatic hydroxyl groups is 1. The van der Waals surface area contributed by atoms with Crippen LogP contribution in [0.15, 0.2) is 67.1 Å². The van der Waals surface area contributed by atoms with Gasteiger partial charge in [0.15, 0.2) is 0 Å². The molecule has 1 N–H and O–H groups in total. The number of benzene rings is 2. The fourth-order valence-electron chi connectivity index (χ4n) is 7.00. The molecule has 2 heterocycles. The molecule has 5 nitrogen and oxygen atoms in total. The highest BCUT2D eigenvalue weighted by Crippen LogP contribution is 2.60. The molecular weight excluding hydrogens is 422 g/mol. The number of hydrogen-bond acceptors (Lipinski definition) is 3. The third-order valence-electron chi connectivity index (χ3n) is 9.12. The molecule has 0 saturated heterocycles. The van der Waals surface area contributed by atoms with Gasteiger partial charge < -0.3 is 14.6 Å². The van der Waals surface area contributed by atoms with Crippen molar-refractivity contribution in [1.29, 1.82) is 0 Å². The zero-order valence-electron chi connectivity index (χ0n) is 19.9. The van der Waals surface area contributed by atoms with Crippen LogP contribution >= 0.6 is 0 Å². The van der Waals surface area contributed by atoms with Crippen LogP contribution in [0.3, 0.4) is 0 Å². The highest BCUT2D eigenvalue weighted by molar-refractivity contribution is 5.83. The summed E-state index contributed by atoms with van der Waals surface area (Å²) in [4.78, 5) is 19.8. The molecule has 2 bridgehead atoms. The zero-order valence-corrected chi connectivity index (χ0v) is 19.9. The summed E-state index contributed by atoms with van der Waals surface area (Å²) < 4.78 is 2.22. The molecule has 1 amide bonds. The summed E-state index contributed by atoms with van der Waals surface area (Å²) in [6.07, 6.45) is 9.62. The number of amides is 1. The Hall–Kier alpha value is -2.92. The fourth-order valence-corrected chi connectivity index (χ4v) is 7.00. The molecule has 5 heteroatoms. The van der Waals surface area contributed by atoms with Gasteiger partial charge in [0, 0.05) is 24.6 Å². The molecule has 34 heavy (non-hydrogen) atoms. The van der Waals surface area contributed by atoms with Gasteiger partial charge >= 0.3 is 0 Å². The molecule has 2 aromatic carbocycles. The Bertz CT molecular complexity index is 1180. The van der Waals surface area contributed by atoms with E-state index in [2.05, 4.69) is 45.9 Å². The lowest BCUT2D eigenvalue weighted by molar-refractivity contribution is -0.157. The van der Waals surface area contributed by atoms with Gasteiger partial charge in [-0.05, 0) is 61.5 Å². The number of aromatic nitrogens is 2. The first-order valence-electron chi connectivity index (χ1n) is 12.6. The number of hydrogen-bond donors (Lipinski definition) is 1. The number of rotatable bonds is 6. The van der Waals surface area contributed by atoms with E-state index in [1.807, 2.05) is 42.7 Å². The van der Waals surface area contributed by atoms with E-state index in [1.54, 1.807) is 0 Å². The molecule has 4 aliphatic rings. The van der Waals surface area contributed by atoms with Crippen molar-refractivity contribution in [3.8, 4) is 11.3 Å². The SMILES string of the molecule is CN(Cc1ccccc1)C(=O)C12CCC(C(O)CC3c4ccccc4-c4cncn43)(CC1)CC2. The van der Waals surface area contributed by atoms with Gasteiger partial charge in [-0.2, -0.15) is 0 Å². The van der Waals surface area contributed by atoms with E-state index in [0.29, 0.717) is 13.0 Å². The van der Waals surface area contributed by atoms with Gasteiger partial charge in [0.2, 0.25) is 5.91 Å². The van der Waals surface area contributed by atoms with E-state index in [0.717, 1.165) is 44.2 Å². The summed E-state index contributed by atoms with van der Waals surface area (Å²) in [6, 6.07) is 18.8. The van der Waals surface area contributed by atoms with Gasteiger partial charge in [-0.1, -0.05) is 54.6 Å². The van der Waals surface area contributed by atoms with Crippen LogP contribution in [0.5, 0.6) is 0 Å². The Morgan fingerprint density at radius 1 is 1.06 bits per heavy atom. The molecule has 3 saturated carbocycles. The molecule has 7 rings (SSSR count). The molecule has 2 atom stereocenters. The van der Waals surface area contributed by atoms with Gasteiger partial charge in [0.1, 0.15) is 0 Å². The first-order chi connectivity index (χ1) is 16.5. The van der Waals surface area contributed by atoms with Crippen LogP contribution in [0.4, 0.5) is 0 Å². The smallest absolute Gasteiger partial charge is 0.228 e. The maximum absolute atomic E-state index is 13.5. The van der Waals surface area contributed by atoms with E-state index in [4.69, 9.17) is 0 Å². The number of carbonyl (C=O) groups is 1. The monoisotopic (exact) mass is 455 g/mol. The minimum Gasteiger partial charge on any atom is -0.392 e. The van der Waals surface area contributed by atoms with E-state index in [-0.39, 0.29) is 28.9 Å². The minimum atomic E-state index is -0.380. The van der Waals surface area contributed by atoms with E-state index in [1.165, 1.54) is 16.7 Å². The largest absolute Gasteiger partial charge is 0.392 e. The molecule has 0 spiro atoms. The number of carbonyl (C=O) groups excluding carboxylic acids is 1. The van der Waals surface area contributed by atoms with Crippen molar-refractivity contribution in [2.75, 3.05) is 7.05 Å². The lowest BCUT2D eigenvalue weighted by Crippen LogP contribution is -2.53. The predicted octanol–water partition coefficient (Wildman–Crippen LogP) is 5.20. The second kappa shape index (κ2) is 8.09. The Morgan fingerprint density at radius 3 is 2.47 bits per heavy atom. The Morgan fingerprint density at radius 2 is 1.74 bits per heavy atom. The molecule has 3 aliphatic carbocycles. The van der Waals surface area contributed by atoms with Crippen LogP contribution in [-0.4, -0.2) is 38.6 Å². The first kappa shape index (κ1) is 21.6. The molecule has 1 aliphatic heterocycles. The van der Waals surface area contributed by atoms with Crippen LogP contribution in [-0.2, 0) is 11.3 Å². The van der Waals surface area contributed by atoms with Crippen molar-refractivity contribution in [2.45, 2.75) is 63.6 Å². The number of nitrogens with zero attached hydrogens (tertiary/aromatic N) is 3. The third-order valence-corrected chi connectivity index (χ3v) is 9.12. The van der Waals surface area contributed by atoms with E-state index >= 15 is 0 Å². The van der Waals surface area contributed by atoms with Gasteiger partial charge in [-0.3, -0.25) is 4.79 Å². The van der Waals surface area contributed by atoms with Crippen LogP contribution in [0, 0.1) is 10.8 Å². The number of fused-ring (bicyclic) bond motifs is 6. The molecule has 3 aromatic rings. The predicted molar refractivity (Wildman–Crippen MR) is 132 cm³/mol. The minimum absolute atomic E-state index is 0.0711. The van der Waals surface area contributed by atoms with E-state index < -0.39 is 0 Å². The van der Waals surface area contributed by atoms with Crippen LogP contribution < -0.4 is 0 Å². The Kier molecular flexibility index (Phi) is 5.14. The molecule has 1 aromatic heterocycles. The molecule has 0 radical (unpaired) electrons.